The number of piperazine rings is 1. The molecule has 0 radical (unpaired) electrons. The number of fused-ring (bicyclic) bond motifs is 1. The zero-order valence-corrected chi connectivity index (χ0v) is 21.9. The molecule has 0 aromatic carbocycles. The van der Waals surface area contributed by atoms with E-state index in [-0.39, 0.29) is 5.92 Å². The van der Waals surface area contributed by atoms with E-state index in [1.54, 1.807) is 12.3 Å². The fourth-order valence-electron chi connectivity index (χ4n) is 4.43. The number of dihydropyridines is 2. The lowest BCUT2D eigenvalue weighted by Gasteiger charge is -2.36. The van der Waals surface area contributed by atoms with Gasteiger partial charge in [-0.15, -0.1) is 0 Å². The number of amidine groups is 1. The summed E-state index contributed by atoms with van der Waals surface area (Å²) in [5.41, 5.74) is 16.4. The molecule has 3 aliphatic rings. The summed E-state index contributed by atoms with van der Waals surface area (Å²) in [6, 6.07) is 1.06. The zero-order chi connectivity index (χ0) is 26.1. The largest absolute Gasteiger partial charge is 0.404 e. The van der Waals surface area contributed by atoms with Gasteiger partial charge in [-0.1, -0.05) is 13.8 Å². The van der Waals surface area contributed by atoms with Crippen LogP contribution in [-0.4, -0.2) is 61.4 Å². The molecule has 0 amide bonds. The average Bonchev–Trinajstić information content (AvgIpc) is 2.83. The van der Waals surface area contributed by atoms with Crippen molar-refractivity contribution < 1.29 is 0 Å². The van der Waals surface area contributed by atoms with Crippen molar-refractivity contribution in [2.75, 3.05) is 26.2 Å². The van der Waals surface area contributed by atoms with Crippen molar-refractivity contribution in [1.29, 1.82) is 5.41 Å². The Labute approximate surface area is 215 Å². The molecule has 9 nitrogen and oxygen atoms in total. The van der Waals surface area contributed by atoms with Crippen LogP contribution >= 0.6 is 0 Å². The van der Waals surface area contributed by atoms with Crippen molar-refractivity contribution in [3.63, 3.8) is 0 Å². The van der Waals surface area contributed by atoms with Crippen molar-refractivity contribution in [2.24, 2.45) is 27.4 Å². The molecular weight excluding hydrogens is 450 g/mol. The molecule has 9 heteroatoms. The predicted molar refractivity (Wildman–Crippen MR) is 151 cm³/mol. The number of rotatable bonds is 10. The van der Waals surface area contributed by atoms with Crippen LogP contribution in [0, 0.1) is 11.3 Å². The molecule has 0 unspecified atom stereocenters. The second kappa shape index (κ2) is 13.0. The highest BCUT2D eigenvalue weighted by atomic mass is 15.2. The van der Waals surface area contributed by atoms with Gasteiger partial charge in [0.15, 0.2) is 0 Å². The summed E-state index contributed by atoms with van der Waals surface area (Å²) in [5, 5.41) is 17.7. The number of aliphatic imine (C=N–C) groups is 2. The average molecular weight is 492 g/mol. The van der Waals surface area contributed by atoms with Gasteiger partial charge < -0.3 is 37.7 Å². The summed E-state index contributed by atoms with van der Waals surface area (Å²) in [4.78, 5) is 11.6. The fourth-order valence-corrected chi connectivity index (χ4v) is 4.43. The van der Waals surface area contributed by atoms with E-state index >= 15 is 0 Å². The van der Waals surface area contributed by atoms with Gasteiger partial charge in [-0.25, -0.2) is 4.99 Å². The minimum Gasteiger partial charge on any atom is -0.404 e. The van der Waals surface area contributed by atoms with Crippen molar-refractivity contribution in [3.8, 4) is 0 Å². The van der Waals surface area contributed by atoms with Crippen LogP contribution < -0.4 is 27.4 Å². The monoisotopic (exact) mass is 491 g/mol. The molecule has 194 valence electrons. The zero-order valence-electron chi connectivity index (χ0n) is 21.9. The van der Waals surface area contributed by atoms with Crippen LogP contribution in [0.15, 0.2) is 80.6 Å². The van der Waals surface area contributed by atoms with Crippen LogP contribution in [0.1, 0.15) is 34.1 Å². The third kappa shape index (κ3) is 7.79. The first kappa shape index (κ1) is 27.2. The van der Waals surface area contributed by atoms with Crippen LogP contribution in [0.4, 0.5) is 0 Å². The summed E-state index contributed by atoms with van der Waals surface area (Å²) in [5.74, 6) is 1.17. The Morgan fingerprint density at radius 2 is 1.97 bits per heavy atom. The van der Waals surface area contributed by atoms with Crippen LogP contribution in [-0.2, 0) is 0 Å². The van der Waals surface area contributed by atoms with E-state index in [4.69, 9.17) is 16.9 Å². The molecule has 3 aliphatic heterocycles. The van der Waals surface area contributed by atoms with Gasteiger partial charge in [0.2, 0.25) is 0 Å². The van der Waals surface area contributed by atoms with Crippen LogP contribution in [0.3, 0.4) is 0 Å². The number of hydrogen-bond donors (Lipinski definition) is 6. The van der Waals surface area contributed by atoms with E-state index in [1.165, 1.54) is 6.21 Å². The van der Waals surface area contributed by atoms with Crippen molar-refractivity contribution >= 4 is 18.3 Å². The smallest absolute Gasteiger partial charge is 0.132 e. The van der Waals surface area contributed by atoms with Crippen molar-refractivity contribution in [2.45, 2.75) is 46.2 Å². The van der Waals surface area contributed by atoms with Gasteiger partial charge >= 0.3 is 0 Å². The molecule has 0 aromatic rings. The van der Waals surface area contributed by atoms with Gasteiger partial charge in [0.1, 0.15) is 11.7 Å². The van der Waals surface area contributed by atoms with Crippen LogP contribution in [0.5, 0.6) is 0 Å². The third-order valence-electron chi connectivity index (χ3n) is 6.18. The molecule has 0 aliphatic carbocycles. The minimum atomic E-state index is 0.201. The van der Waals surface area contributed by atoms with E-state index in [9.17, 15) is 0 Å². The molecule has 3 rings (SSSR count). The summed E-state index contributed by atoms with van der Waals surface area (Å²) < 4.78 is 0. The Balaban J connectivity index is 1.57. The van der Waals surface area contributed by atoms with Gasteiger partial charge in [0, 0.05) is 74.2 Å². The highest BCUT2D eigenvalue weighted by Crippen LogP contribution is 2.22. The maximum atomic E-state index is 7.54. The molecule has 1 fully saturated rings. The normalized spacial score (nSPS) is 23.9. The SMILES string of the molecule is CC(C)C(C=N)=CC(N)=NC1=CC=C2NC=C(C(C=NCCCN3C[C@@H](C)N[C@@H](C)C3)=CN)C=C2N1. The third-order valence-corrected chi connectivity index (χ3v) is 6.18. The number of nitrogens with zero attached hydrogens (tertiary/aromatic N) is 3. The molecule has 3 heterocycles. The molecule has 0 bridgehead atoms. The first-order valence-electron chi connectivity index (χ1n) is 12.6. The Bertz CT molecular complexity index is 1040. The fraction of sp³-hybridized carbons (Fsp3) is 0.444. The molecular formula is C27H41N9. The van der Waals surface area contributed by atoms with Crippen molar-refractivity contribution in [3.05, 3.63) is 70.6 Å². The summed E-state index contributed by atoms with van der Waals surface area (Å²) in [7, 11) is 0. The number of nitrogens with two attached hydrogens (primary N) is 2. The van der Waals surface area contributed by atoms with E-state index in [1.807, 2.05) is 44.5 Å². The molecule has 0 saturated carbocycles. The maximum Gasteiger partial charge on any atom is 0.132 e. The molecule has 0 aromatic heterocycles. The van der Waals surface area contributed by atoms with Gasteiger partial charge in [-0.3, -0.25) is 4.99 Å². The van der Waals surface area contributed by atoms with E-state index in [0.717, 1.165) is 60.7 Å². The topological polar surface area (TPSA) is 140 Å². The predicted octanol–water partition coefficient (Wildman–Crippen LogP) is 2.26. The Kier molecular flexibility index (Phi) is 9.84. The van der Waals surface area contributed by atoms with Gasteiger partial charge in [0.05, 0.1) is 11.4 Å². The van der Waals surface area contributed by atoms with Gasteiger partial charge in [0.25, 0.3) is 0 Å². The molecule has 8 N–H and O–H groups in total. The summed E-state index contributed by atoms with van der Waals surface area (Å²) >= 11 is 0. The number of hydrogen-bond acceptors (Lipinski definition) is 8. The molecule has 1 saturated heterocycles. The maximum absolute atomic E-state index is 7.54. The second-order valence-electron chi connectivity index (χ2n) is 9.78. The standard InChI is InChI=1S/C27H41N9/c1-18(2)21(12-28)11-26(30)35-27-7-6-24-25(34-27)10-22(15-32-24)23(13-29)14-31-8-5-9-36-16-19(3)33-20(4)17-36/h6-7,10-15,18-20,28,32-34H,5,8-9,16-17,29H2,1-4H3,(H2,30,35)/t19-,20+. The first-order valence-corrected chi connectivity index (χ1v) is 12.6. The summed E-state index contributed by atoms with van der Waals surface area (Å²) in [6.45, 7) is 12.5. The lowest BCUT2D eigenvalue weighted by atomic mass is 10.0. The minimum absolute atomic E-state index is 0.201. The van der Waals surface area contributed by atoms with Crippen LogP contribution in [0.25, 0.3) is 0 Å². The van der Waals surface area contributed by atoms with Gasteiger partial charge in [-0.2, -0.15) is 0 Å². The van der Waals surface area contributed by atoms with E-state index < -0.39 is 0 Å². The Morgan fingerprint density at radius 1 is 1.22 bits per heavy atom. The highest BCUT2D eigenvalue weighted by molar-refractivity contribution is 5.97. The van der Waals surface area contributed by atoms with Crippen LogP contribution in [0.2, 0.25) is 0 Å². The number of nitrogens with one attached hydrogen (secondary N) is 4. The van der Waals surface area contributed by atoms with E-state index in [2.05, 4.69) is 44.7 Å². The van der Waals surface area contributed by atoms with Crippen molar-refractivity contribution in [1.82, 2.24) is 20.9 Å². The number of allylic oxidation sites excluding steroid dienone is 6. The first-order chi connectivity index (χ1) is 17.3. The highest BCUT2D eigenvalue weighted by Gasteiger charge is 2.20. The van der Waals surface area contributed by atoms with E-state index in [0.29, 0.717) is 23.7 Å². The molecule has 0 spiro atoms. The van der Waals surface area contributed by atoms with Gasteiger partial charge in [-0.05, 0) is 56.1 Å². The lowest BCUT2D eigenvalue weighted by Crippen LogP contribution is -2.54. The summed E-state index contributed by atoms with van der Waals surface area (Å²) in [6.07, 6.45) is 15.2. The Hall–Kier alpha value is -3.43. The second-order valence-corrected chi connectivity index (χ2v) is 9.78. The molecule has 2 atom stereocenters. The molecule has 36 heavy (non-hydrogen) atoms. The lowest BCUT2D eigenvalue weighted by molar-refractivity contribution is 0.173. The quantitative estimate of drug-likeness (QED) is 0.157. The Morgan fingerprint density at radius 3 is 2.64 bits per heavy atom.